The Hall–Kier alpha value is -0.275. The van der Waals surface area contributed by atoms with Crippen LogP contribution in [0.2, 0.25) is 0 Å². The third-order valence-electron chi connectivity index (χ3n) is 1.37. The van der Waals surface area contributed by atoms with Crippen LogP contribution in [0.5, 0.6) is 0 Å². The van der Waals surface area contributed by atoms with E-state index in [1.807, 2.05) is 6.92 Å². The van der Waals surface area contributed by atoms with E-state index < -0.39 is 0 Å². The van der Waals surface area contributed by atoms with E-state index >= 15 is 0 Å². The van der Waals surface area contributed by atoms with E-state index in [1.165, 1.54) is 0 Å². The predicted molar refractivity (Wildman–Crippen MR) is 37.1 cm³/mol. The molecule has 0 aromatic heterocycles. The smallest absolute Gasteiger partial charge is 0.408 e. The van der Waals surface area contributed by atoms with Crippen molar-refractivity contribution in [2.24, 2.45) is 0 Å². The minimum atomic E-state index is -0.172. The summed E-state index contributed by atoms with van der Waals surface area (Å²) in [7, 11) is -0.172. The molecule has 1 saturated heterocycles. The van der Waals surface area contributed by atoms with Crippen molar-refractivity contribution in [3.05, 3.63) is 12.6 Å². The third-order valence-corrected chi connectivity index (χ3v) is 1.37. The fourth-order valence-electron chi connectivity index (χ4n) is 0.810. The quantitative estimate of drug-likeness (QED) is 0.488. The Morgan fingerprint density at radius 3 is 3.00 bits per heavy atom. The highest BCUT2D eigenvalue weighted by molar-refractivity contribution is 6.50. The number of hydrogen-bond acceptors (Lipinski definition) is 2. The molecule has 1 atom stereocenters. The van der Waals surface area contributed by atoms with E-state index in [4.69, 9.17) is 9.31 Å². The maximum absolute atomic E-state index is 5.30. The van der Waals surface area contributed by atoms with Gasteiger partial charge in [0.05, 0.1) is 0 Å². The van der Waals surface area contributed by atoms with Gasteiger partial charge in [0.15, 0.2) is 0 Å². The lowest BCUT2D eigenvalue weighted by molar-refractivity contribution is 0.0853. The standard InChI is InChI=1S/C6H11BO2/c1-3-7-8-5-4-6(2)9-7/h3,6H,1,4-5H2,2H3. The Bertz CT molecular complexity index is 105. The zero-order valence-electron chi connectivity index (χ0n) is 5.67. The van der Waals surface area contributed by atoms with Gasteiger partial charge in [-0.3, -0.25) is 0 Å². The van der Waals surface area contributed by atoms with Crippen molar-refractivity contribution in [2.75, 3.05) is 6.61 Å². The number of rotatable bonds is 1. The van der Waals surface area contributed by atoms with E-state index in [0.717, 1.165) is 13.0 Å². The monoisotopic (exact) mass is 126 g/mol. The summed E-state index contributed by atoms with van der Waals surface area (Å²) in [5.41, 5.74) is 0. The first-order chi connectivity index (χ1) is 4.33. The summed E-state index contributed by atoms with van der Waals surface area (Å²) in [6.45, 7) is 6.40. The van der Waals surface area contributed by atoms with Crippen LogP contribution < -0.4 is 0 Å². The van der Waals surface area contributed by atoms with Crippen molar-refractivity contribution >= 4 is 7.12 Å². The Balaban J connectivity index is 2.31. The average Bonchev–Trinajstić information content (AvgIpc) is 1.88. The fourth-order valence-corrected chi connectivity index (χ4v) is 0.810. The van der Waals surface area contributed by atoms with Crippen molar-refractivity contribution in [2.45, 2.75) is 19.4 Å². The molecule has 0 saturated carbocycles. The fraction of sp³-hybridized carbons (Fsp3) is 0.667. The topological polar surface area (TPSA) is 18.5 Å². The zero-order chi connectivity index (χ0) is 6.69. The Morgan fingerprint density at radius 2 is 2.56 bits per heavy atom. The molecule has 0 amide bonds. The zero-order valence-corrected chi connectivity index (χ0v) is 5.67. The van der Waals surface area contributed by atoms with Crippen LogP contribution in [-0.4, -0.2) is 19.8 Å². The van der Waals surface area contributed by atoms with Gasteiger partial charge in [0.2, 0.25) is 0 Å². The highest BCUT2D eigenvalue weighted by Gasteiger charge is 2.21. The van der Waals surface area contributed by atoms with Crippen LogP contribution in [0.3, 0.4) is 0 Å². The molecule has 1 fully saturated rings. The van der Waals surface area contributed by atoms with Crippen LogP contribution >= 0.6 is 0 Å². The molecule has 1 aliphatic rings. The lowest BCUT2D eigenvalue weighted by Crippen LogP contribution is -2.32. The molecule has 1 unspecified atom stereocenters. The Kier molecular flexibility index (Phi) is 2.31. The molecule has 0 aromatic rings. The van der Waals surface area contributed by atoms with Crippen molar-refractivity contribution in [3.8, 4) is 0 Å². The van der Waals surface area contributed by atoms with Gasteiger partial charge in [-0.05, 0) is 13.3 Å². The van der Waals surface area contributed by atoms with Crippen LogP contribution in [-0.2, 0) is 9.31 Å². The molecule has 9 heavy (non-hydrogen) atoms. The maximum Gasteiger partial charge on any atom is 0.485 e. The summed E-state index contributed by atoms with van der Waals surface area (Å²) in [6.07, 6.45) is 1.31. The summed E-state index contributed by atoms with van der Waals surface area (Å²) in [5.74, 6) is 1.68. The Morgan fingerprint density at radius 1 is 1.78 bits per heavy atom. The van der Waals surface area contributed by atoms with Gasteiger partial charge in [-0.15, -0.1) is 6.58 Å². The summed E-state index contributed by atoms with van der Waals surface area (Å²) >= 11 is 0. The average molecular weight is 126 g/mol. The van der Waals surface area contributed by atoms with Crippen molar-refractivity contribution < 1.29 is 9.31 Å². The largest absolute Gasteiger partial charge is 0.485 e. The molecule has 0 spiro atoms. The highest BCUT2D eigenvalue weighted by Crippen LogP contribution is 2.08. The van der Waals surface area contributed by atoms with Crippen molar-refractivity contribution in [1.82, 2.24) is 0 Å². The molecule has 0 radical (unpaired) electrons. The second kappa shape index (κ2) is 3.04. The van der Waals surface area contributed by atoms with E-state index in [1.54, 1.807) is 5.98 Å². The molecule has 3 heteroatoms. The van der Waals surface area contributed by atoms with Gasteiger partial charge in [-0.25, -0.2) is 0 Å². The summed E-state index contributed by atoms with van der Waals surface area (Å²) in [4.78, 5) is 0. The predicted octanol–water partition coefficient (Wildman–Crippen LogP) is 1.03. The van der Waals surface area contributed by atoms with Gasteiger partial charge in [-0.1, -0.05) is 5.98 Å². The lowest BCUT2D eigenvalue weighted by Gasteiger charge is -2.23. The minimum absolute atomic E-state index is 0.172. The van der Waals surface area contributed by atoms with Crippen molar-refractivity contribution in [3.63, 3.8) is 0 Å². The van der Waals surface area contributed by atoms with Gasteiger partial charge < -0.3 is 9.31 Å². The third kappa shape index (κ3) is 1.84. The normalized spacial score (nSPS) is 28.1. The van der Waals surface area contributed by atoms with Gasteiger partial charge in [0, 0.05) is 12.7 Å². The molecule has 0 aromatic carbocycles. The van der Waals surface area contributed by atoms with Crippen LogP contribution in [0.4, 0.5) is 0 Å². The molecule has 1 rings (SSSR count). The molecule has 1 heterocycles. The second-order valence-electron chi connectivity index (χ2n) is 2.21. The maximum atomic E-state index is 5.30. The molecular weight excluding hydrogens is 115 g/mol. The number of hydrogen-bond donors (Lipinski definition) is 0. The van der Waals surface area contributed by atoms with E-state index in [9.17, 15) is 0 Å². The van der Waals surface area contributed by atoms with E-state index in [2.05, 4.69) is 6.58 Å². The Labute approximate surface area is 56.0 Å². The summed E-state index contributed by atoms with van der Waals surface area (Å²) < 4.78 is 10.5. The molecule has 2 nitrogen and oxygen atoms in total. The van der Waals surface area contributed by atoms with Crippen LogP contribution in [0, 0.1) is 0 Å². The molecule has 50 valence electrons. The molecule has 0 N–H and O–H groups in total. The minimum Gasteiger partial charge on any atom is -0.408 e. The van der Waals surface area contributed by atoms with E-state index in [-0.39, 0.29) is 7.12 Å². The second-order valence-corrected chi connectivity index (χ2v) is 2.21. The molecule has 1 aliphatic heterocycles. The van der Waals surface area contributed by atoms with Gasteiger partial charge in [0.1, 0.15) is 0 Å². The SMILES string of the molecule is C=CB1OCCC(C)O1. The van der Waals surface area contributed by atoms with Gasteiger partial charge in [-0.2, -0.15) is 0 Å². The lowest BCUT2D eigenvalue weighted by atomic mass is 9.89. The first-order valence-corrected chi connectivity index (χ1v) is 3.22. The van der Waals surface area contributed by atoms with E-state index in [0.29, 0.717) is 6.10 Å². The molecule has 0 aliphatic carbocycles. The first kappa shape index (κ1) is 6.84. The first-order valence-electron chi connectivity index (χ1n) is 3.22. The van der Waals surface area contributed by atoms with Crippen LogP contribution in [0.25, 0.3) is 0 Å². The van der Waals surface area contributed by atoms with Crippen molar-refractivity contribution in [1.29, 1.82) is 0 Å². The van der Waals surface area contributed by atoms with Crippen LogP contribution in [0.15, 0.2) is 12.6 Å². The van der Waals surface area contributed by atoms with Crippen LogP contribution in [0.1, 0.15) is 13.3 Å². The molecular formula is C6H11BO2. The van der Waals surface area contributed by atoms with Gasteiger partial charge in [0.25, 0.3) is 0 Å². The van der Waals surface area contributed by atoms with Gasteiger partial charge >= 0.3 is 7.12 Å². The highest BCUT2D eigenvalue weighted by atomic mass is 16.6. The molecule has 0 bridgehead atoms. The summed E-state index contributed by atoms with van der Waals surface area (Å²) in [6, 6.07) is 0. The summed E-state index contributed by atoms with van der Waals surface area (Å²) in [5, 5.41) is 0.